The number of amides is 2. The molecule has 2 heterocycles. The Morgan fingerprint density at radius 2 is 1.52 bits per heavy atom. The number of carbonyl (C=O) groups is 2. The van der Waals surface area contributed by atoms with Gasteiger partial charge in [-0.2, -0.15) is 0 Å². The number of carbonyl (C=O) groups excluding carboxylic acids is 2. The van der Waals surface area contributed by atoms with Gasteiger partial charge < -0.3 is 19.7 Å². The Bertz CT molecular complexity index is 861. The summed E-state index contributed by atoms with van der Waals surface area (Å²) in [6.07, 6.45) is 2.34. The smallest absolute Gasteiger partial charge is 0.255 e. The normalized spacial score (nSPS) is 18.0. The lowest BCUT2D eigenvalue weighted by Crippen LogP contribution is -2.47. The maximum atomic E-state index is 12.8. The molecule has 29 heavy (non-hydrogen) atoms. The van der Waals surface area contributed by atoms with Crippen LogP contribution in [0.3, 0.4) is 0 Å². The SMILES string of the molecule is CCc1ccc(NC(=O)c2ccc(C(=O)N3CCC4(CC3)OCCO4)cc2)cc1. The third kappa shape index (κ3) is 4.33. The number of nitrogens with zero attached hydrogens (tertiary/aromatic N) is 1. The van der Waals surface area contributed by atoms with E-state index in [2.05, 4.69) is 12.2 Å². The van der Waals surface area contributed by atoms with Crippen LogP contribution in [0.15, 0.2) is 48.5 Å². The Hall–Kier alpha value is -2.70. The van der Waals surface area contributed by atoms with E-state index >= 15 is 0 Å². The van der Waals surface area contributed by atoms with Crippen molar-refractivity contribution in [3.8, 4) is 0 Å². The predicted molar refractivity (Wildman–Crippen MR) is 110 cm³/mol. The Kier molecular flexibility index (Phi) is 5.65. The van der Waals surface area contributed by atoms with E-state index in [9.17, 15) is 9.59 Å². The van der Waals surface area contributed by atoms with Crippen molar-refractivity contribution in [2.24, 2.45) is 0 Å². The molecule has 0 aliphatic carbocycles. The maximum absolute atomic E-state index is 12.8. The summed E-state index contributed by atoms with van der Waals surface area (Å²) in [6.45, 7) is 4.55. The van der Waals surface area contributed by atoms with Crippen LogP contribution in [0.2, 0.25) is 0 Å². The van der Waals surface area contributed by atoms with Crippen molar-refractivity contribution in [2.75, 3.05) is 31.6 Å². The highest BCUT2D eigenvalue weighted by atomic mass is 16.7. The molecule has 0 bridgehead atoms. The first-order chi connectivity index (χ1) is 14.1. The highest BCUT2D eigenvalue weighted by Gasteiger charge is 2.40. The van der Waals surface area contributed by atoms with Gasteiger partial charge in [0, 0.05) is 42.7 Å². The molecule has 2 aliphatic rings. The van der Waals surface area contributed by atoms with E-state index < -0.39 is 5.79 Å². The third-order valence-corrected chi connectivity index (χ3v) is 5.64. The summed E-state index contributed by atoms with van der Waals surface area (Å²) in [5, 5.41) is 2.89. The van der Waals surface area contributed by atoms with Crippen LogP contribution >= 0.6 is 0 Å². The highest BCUT2D eigenvalue weighted by molar-refractivity contribution is 6.05. The van der Waals surface area contributed by atoms with Crippen molar-refractivity contribution in [3.63, 3.8) is 0 Å². The van der Waals surface area contributed by atoms with Gasteiger partial charge in [-0.25, -0.2) is 0 Å². The van der Waals surface area contributed by atoms with Crippen molar-refractivity contribution in [1.82, 2.24) is 4.90 Å². The lowest BCUT2D eigenvalue weighted by Gasteiger charge is -2.37. The number of ether oxygens (including phenoxy) is 2. The average Bonchev–Trinajstić information content (AvgIpc) is 3.22. The minimum Gasteiger partial charge on any atom is -0.347 e. The molecular weight excluding hydrogens is 368 g/mol. The second kappa shape index (κ2) is 8.35. The molecule has 2 aromatic carbocycles. The summed E-state index contributed by atoms with van der Waals surface area (Å²) < 4.78 is 11.4. The predicted octanol–water partition coefficient (Wildman–Crippen LogP) is 3.48. The third-order valence-electron chi connectivity index (χ3n) is 5.64. The number of anilines is 1. The molecule has 152 valence electrons. The van der Waals surface area contributed by atoms with E-state index in [-0.39, 0.29) is 11.8 Å². The van der Waals surface area contributed by atoms with Crippen LogP contribution in [0.4, 0.5) is 5.69 Å². The second-order valence-electron chi connectivity index (χ2n) is 7.48. The van der Waals surface area contributed by atoms with Crippen LogP contribution < -0.4 is 5.32 Å². The van der Waals surface area contributed by atoms with Crippen LogP contribution in [-0.2, 0) is 15.9 Å². The summed E-state index contributed by atoms with van der Waals surface area (Å²) in [7, 11) is 0. The highest BCUT2D eigenvalue weighted by Crippen LogP contribution is 2.31. The molecule has 2 amide bonds. The van der Waals surface area contributed by atoms with Gasteiger partial charge in [-0.1, -0.05) is 19.1 Å². The van der Waals surface area contributed by atoms with Gasteiger partial charge in [0.2, 0.25) is 0 Å². The number of nitrogens with one attached hydrogen (secondary N) is 1. The van der Waals surface area contributed by atoms with E-state index in [0.717, 1.165) is 12.1 Å². The van der Waals surface area contributed by atoms with Crippen molar-refractivity contribution in [3.05, 3.63) is 65.2 Å². The number of likely N-dealkylation sites (tertiary alicyclic amines) is 1. The first-order valence-corrected chi connectivity index (χ1v) is 10.2. The summed E-state index contributed by atoms with van der Waals surface area (Å²) >= 11 is 0. The first-order valence-electron chi connectivity index (χ1n) is 10.2. The minimum absolute atomic E-state index is 0.0278. The van der Waals surface area contributed by atoms with Gasteiger partial charge in [0.15, 0.2) is 5.79 Å². The molecule has 0 radical (unpaired) electrons. The maximum Gasteiger partial charge on any atom is 0.255 e. The molecule has 2 aromatic rings. The van der Waals surface area contributed by atoms with E-state index in [1.807, 2.05) is 29.2 Å². The number of aryl methyl sites for hydroxylation is 1. The molecule has 1 N–H and O–H groups in total. The zero-order chi connectivity index (χ0) is 20.3. The number of benzene rings is 2. The van der Waals surface area contributed by atoms with Gasteiger partial charge in [-0.05, 0) is 48.4 Å². The van der Waals surface area contributed by atoms with Gasteiger partial charge in [0.05, 0.1) is 13.2 Å². The van der Waals surface area contributed by atoms with Crippen molar-refractivity contribution >= 4 is 17.5 Å². The number of rotatable bonds is 4. The largest absolute Gasteiger partial charge is 0.347 e. The monoisotopic (exact) mass is 394 g/mol. The van der Waals surface area contributed by atoms with Crippen LogP contribution in [0, 0.1) is 0 Å². The van der Waals surface area contributed by atoms with Crippen molar-refractivity contribution < 1.29 is 19.1 Å². The summed E-state index contributed by atoms with van der Waals surface area (Å²) in [4.78, 5) is 27.1. The Morgan fingerprint density at radius 1 is 0.931 bits per heavy atom. The molecule has 2 saturated heterocycles. The molecule has 6 heteroatoms. The standard InChI is InChI=1S/C23H26N2O4/c1-2-17-3-9-20(10-4-17)24-21(26)18-5-7-19(8-6-18)22(27)25-13-11-23(12-14-25)28-15-16-29-23/h3-10H,2,11-16H2,1H3,(H,24,26). The summed E-state index contributed by atoms with van der Waals surface area (Å²) in [5.74, 6) is -0.711. The molecule has 2 aliphatic heterocycles. The van der Waals surface area contributed by atoms with Gasteiger partial charge in [0.1, 0.15) is 0 Å². The molecule has 6 nitrogen and oxygen atoms in total. The zero-order valence-electron chi connectivity index (χ0n) is 16.6. The molecule has 0 aromatic heterocycles. The lowest BCUT2D eigenvalue weighted by molar-refractivity contribution is -0.181. The topological polar surface area (TPSA) is 67.9 Å². The van der Waals surface area contributed by atoms with Gasteiger partial charge in [0.25, 0.3) is 11.8 Å². The minimum atomic E-state index is -0.492. The number of hydrogen-bond donors (Lipinski definition) is 1. The van der Waals surface area contributed by atoms with E-state index in [1.54, 1.807) is 24.3 Å². The van der Waals surface area contributed by atoms with Gasteiger partial charge >= 0.3 is 0 Å². The lowest BCUT2D eigenvalue weighted by atomic mass is 10.0. The Balaban J connectivity index is 1.35. The van der Waals surface area contributed by atoms with Gasteiger partial charge in [-0.15, -0.1) is 0 Å². The molecule has 0 atom stereocenters. The number of piperidine rings is 1. The van der Waals surface area contributed by atoms with Crippen LogP contribution in [0.5, 0.6) is 0 Å². The van der Waals surface area contributed by atoms with Crippen molar-refractivity contribution in [2.45, 2.75) is 32.0 Å². The molecular formula is C23H26N2O4. The fourth-order valence-electron chi connectivity index (χ4n) is 3.81. The van der Waals surface area contributed by atoms with Crippen LogP contribution in [0.1, 0.15) is 46.0 Å². The summed E-state index contributed by atoms with van der Waals surface area (Å²) in [6, 6.07) is 14.6. The molecule has 0 saturated carbocycles. The quantitative estimate of drug-likeness (QED) is 0.862. The molecule has 0 unspecified atom stereocenters. The van der Waals surface area contributed by atoms with Crippen molar-refractivity contribution in [1.29, 1.82) is 0 Å². The second-order valence-corrected chi connectivity index (χ2v) is 7.48. The van der Waals surface area contributed by atoms with E-state index in [0.29, 0.717) is 50.3 Å². The van der Waals surface area contributed by atoms with Crippen LogP contribution in [-0.4, -0.2) is 48.8 Å². The van der Waals surface area contributed by atoms with E-state index in [1.165, 1.54) is 5.56 Å². The molecule has 1 spiro atoms. The number of hydrogen-bond acceptors (Lipinski definition) is 4. The first kappa shape index (κ1) is 19.6. The molecule has 2 fully saturated rings. The Morgan fingerprint density at radius 3 is 2.10 bits per heavy atom. The molecule has 4 rings (SSSR count). The summed E-state index contributed by atoms with van der Waals surface area (Å²) in [5.41, 5.74) is 3.08. The zero-order valence-corrected chi connectivity index (χ0v) is 16.6. The van der Waals surface area contributed by atoms with Gasteiger partial charge in [-0.3, -0.25) is 9.59 Å². The Labute approximate surface area is 170 Å². The fourth-order valence-corrected chi connectivity index (χ4v) is 3.81. The fraction of sp³-hybridized carbons (Fsp3) is 0.391. The average molecular weight is 394 g/mol. The van der Waals surface area contributed by atoms with Crippen LogP contribution in [0.25, 0.3) is 0 Å². The van der Waals surface area contributed by atoms with E-state index in [4.69, 9.17) is 9.47 Å².